The highest BCUT2D eigenvalue weighted by molar-refractivity contribution is 7.99. The first-order chi connectivity index (χ1) is 13.2. The molecule has 7 heteroatoms. The van der Waals surface area contributed by atoms with Gasteiger partial charge in [0, 0.05) is 11.3 Å². The zero-order valence-electron chi connectivity index (χ0n) is 14.1. The van der Waals surface area contributed by atoms with Crippen molar-refractivity contribution in [3.63, 3.8) is 0 Å². The molecule has 4 rings (SSSR count). The second kappa shape index (κ2) is 8.08. The Morgan fingerprint density at radius 1 is 1.00 bits per heavy atom. The fourth-order valence-electron chi connectivity index (χ4n) is 2.63. The number of rotatable bonds is 6. The Bertz CT molecular complexity index is 1060. The van der Waals surface area contributed by atoms with Crippen LogP contribution in [0.5, 0.6) is 0 Å². The van der Waals surface area contributed by atoms with Crippen molar-refractivity contribution >= 4 is 40.5 Å². The Morgan fingerprint density at radius 2 is 1.78 bits per heavy atom. The molecule has 0 aliphatic heterocycles. The van der Waals surface area contributed by atoms with Gasteiger partial charge in [0.2, 0.25) is 0 Å². The molecule has 0 aliphatic rings. The number of benzene rings is 2. The summed E-state index contributed by atoms with van der Waals surface area (Å²) in [5.74, 6) is 0.967. The van der Waals surface area contributed by atoms with E-state index in [1.807, 2.05) is 64.5 Å². The molecule has 27 heavy (non-hydrogen) atoms. The van der Waals surface area contributed by atoms with Crippen LogP contribution < -0.4 is 0 Å². The molecule has 4 aromatic rings. The molecule has 0 radical (unpaired) electrons. The number of thiophene rings is 1. The first-order valence-corrected chi connectivity index (χ1v) is 10.4. The van der Waals surface area contributed by atoms with E-state index in [2.05, 4.69) is 10.2 Å². The van der Waals surface area contributed by atoms with Gasteiger partial charge < -0.3 is 0 Å². The van der Waals surface area contributed by atoms with E-state index in [-0.39, 0.29) is 11.5 Å². The monoisotopic (exact) mass is 411 g/mol. The third-order valence-electron chi connectivity index (χ3n) is 3.90. The molecular formula is C20H14ClN3OS2. The molecule has 2 aromatic carbocycles. The number of halogens is 1. The largest absolute Gasteiger partial charge is 0.293 e. The van der Waals surface area contributed by atoms with E-state index in [1.54, 1.807) is 23.5 Å². The van der Waals surface area contributed by atoms with Crippen molar-refractivity contribution in [2.75, 3.05) is 5.75 Å². The highest BCUT2D eigenvalue weighted by Crippen LogP contribution is 2.31. The fourth-order valence-corrected chi connectivity index (χ4v) is 4.41. The van der Waals surface area contributed by atoms with E-state index in [4.69, 9.17) is 11.6 Å². The normalized spacial score (nSPS) is 10.9. The number of nitrogens with zero attached hydrogens (tertiary/aromatic N) is 3. The van der Waals surface area contributed by atoms with Gasteiger partial charge >= 0.3 is 0 Å². The molecule has 0 unspecified atom stereocenters. The van der Waals surface area contributed by atoms with Crippen LogP contribution in [0.4, 0.5) is 0 Å². The summed E-state index contributed by atoms with van der Waals surface area (Å²) in [5, 5.41) is 11.8. The topological polar surface area (TPSA) is 47.8 Å². The molecule has 0 bridgehead atoms. The van der Waals surface area contributed by atoms with Gasteiger partial charge in [0.15, 0.2) is 16.8 Å². The molecule has 0 N–H and O–H groups in total. The maximum atomic E-state index is 12.6. The molecule has 4 nitrogen and oxygen atoms in total. The summed E-state index contributed by atoms with van der Waals surface area (Å²) in [6.45, 7) is 0. The van der Waals surface area contributed by atoms with Crippen LogP contribution in [0.1, 0.15) is 10.4 Å². The predicted molar refractivity (Wildman–Crippen MR) is 111 cm³/mol. The highest BCUT2D eigenvalue weighted by Gasteiger charge is 2.18. The second-order valence-electron chi connectivity index (χ2n) is 5.65. The predicted octanol–water partition coefficient (Wildman–Crippen LogP) is 5.62. The lowest BCUT2D eigenvalue weighted by molar-refractivity contribution is 0.102. The summed E-state index contributed by atoms with van der Waals surface area (Å²) in [6.07, 6.45) is 0. The number of hydrogen-bond acceptors (Lipinski definition) is 5. The summed E-state index contributed by atoms with van der Waals surface area (Å²) in [4.78, 5) is 13.6. The van der Waals surface area contributed by atoms with Crippen molar-refractivity contribution in [3.8, 4) is 16.4 Å². The van der Waals surface area contributed by atoms with Crippen molar-refractivity contribution in [2.24, 2.45) is 0 Å². The molecule has 2 aromatic heterocycles. The van der Waals surface area contributed by atoms with Gasteiger partial charge in [-0.15, -0.1) is 21.5 Å². The van der Waals surface area contributed by atoms with Gasteiger partial charge in [0.25, 0.3) is 0 Å². The Labute approximate surface area is 169 Å². The van der Waals surface area contributed by atoms with Crippen molar-refractivity contribution in [3.05, 3.63) is 82.7 Å². The van der Waals surface area contributed by atoms with Crippen LogP contribution in [-0.2, 0) is 0 Å². The summed E-state index contributed by atoms with van der Waals surface area (Å²) in [6, 6.07) is 21.0. The number of aromatic nitrogens is 3. The zero-order valence-corrected chi connectivity index (χ0v) is 16.5. The number of thioether (sulfide) groups is 1. The van der Waals surface area contributed by atoms with E-state index in [0.717, 1.165) is 16.4 Å². The molecule has 134 valence electrons. The van der Waals surface area contributed by atoms with Crippen molar-refractivity contribution in [1.82, 2.24) is 14.8 Å². The molecule has 0 atom stereocenters. The van der Waals surface area contributed by atoms with E-state index in [1.165, 1.54) is 11.8 Å². The van der Waals surface area contributed by atoms with Crippen LogP contribution in [-0.4, -0.2) is 26.3 Å². The summed E-state index contributed by atoms with van der Waals surface area (Å²) >= 11 is 9.10. The van der Waals surface area contributed by atoms with Crippen LogP contribution >= 0.6 is 34.7 Å². The van der Waals surface area contributed by atoms with Crippen LogP contribution in [0, 0.1) is 0 Å². The van der Waals surface area contributed by atoms with Crippen molar-refractivity contribution in [2.45, 2.75) is 5.16 Å². The quantitative estimate of drug-likeness (QED) is 0.305. The van der Waals surface area contributed by atoms with Crippen LogP contribution in [0.15, 0.2) is 77.3 Å². The van der Waals surface area contributed by atoms with Gasteiger partial charge in [-0.2, -0.15) is 0 Å². The lowest BCUT2D eigenvalue weighted by Gasteiger charge is -2.09. The van der Waals surface area contributed by atoms with Gasteiger partial charge in [0.05, 0.1) is 15.7 Å². The second-order valence-corrected chi connectivity index (χ2v) is 7.94. The van der Waals surface area contributed by atoms with Gasteiger partial charge in [0.1, 0.15) is 0 Å². The standard InChI is InChI=1S/C20H14ClN3OS2/c21-16-10-5-4-9-15(16)17(25)13-27-20-23-22-19(18-11-6-12-26-18)24(20)14-7-2-1-3-8-14/h1-12H,13H2. The number of hydrogen-bond donors (Lipinski definition) is 0. The molecule has 2 heterocycles. The first kappa shape index (κ1) is 18.0. The lowest BCUT2D eigenvalue weighted by atomic mass is 10.1. The molecule has 0 aliphatic carbocycles. The van der Waals surface area contributed by atoms with E-state index < -0.39 is 0 Å². The number of para-hydroxylation sites is 1. The number of ketones is 1. The van der Waals surface area contributed by atoms with E-state index in [0.29, 0.717) is 15.7 Å². The van der Waals surface area contributed by atoms with Crippen molar-refractivity contribution < 1.29 is 4.79 Å². The van der Waals surface area contributed by atoms with Crippen LogP contribution in [0.2, 0.25) is 5.02 Å². The Morgan fingerprint density at radius 3 is 2.52 bits per heavy atom. The molecule has 0 fully saturated rings. The number of carbonyl (C=O) groups is 1. The smallest absolute Gasteiger partial charge is 0.196 e. The van der Waals surface area contributed by atoms with Gasteiger partial charge in [-0.25, -0.2) is 0 Å². The third-order valence-corrected chi connectivity index (χ3v) is 6.02. The molecule has 0 spiro atoms. The number of Topliss-reactive ketones (excluding diaryl/α,β-unsaturated/α-hetero) is 1. The van der Waals surface area contributed by atoms with Crippen molar-refractivity contribution in [1.29, 1.82) is 0 Å². The summed E-state index contributed by atoms with van der Waals surface area (Å²) < 4.78 is 1.98. The van der Waals surface area contributed by atoms with E-state index >= 15 is 0 Å². The van der Waals surface area contributed by atoms with Gasteiger partial charge in [-0.3, -0.25) is 9.36 Å². The Hall–Kier alpha value is -2.41. The maximum absolute atomic E-state index is 12.6. The van der Waals surface area contributed by atoms with Gasteiger partial charge in [-0.1, -0.05) is 59.8 Å². The van der Waals surface area contributed by atoms with Gasteiger partial charge in [-0.05, 0) is 35.7 Å². The minimum atomic E-state index is -0.0362. The minimum absolute atomic E-state index is 0.0362. The minimum Gasteiger partial charge on any atom is -0.293 e. The highest BCUT2D eigenvalue weighted by atomic mass is 35.5. The Kier molecular flexibility index (Phi) is 5.38. The molecule has 0 saturated heterocycles. The van der Waals surface area contributed by atoms with Crippen LogP contribution in [0.25, 0.3) is 16.4 Å². The Balaban J connectivity index is 1.65. The zero-order chi connectivity index (χ0) is 18.6. The number of carbonyl (C=O) groups excluding carboxylic acids is 1. The van der Waals surface area contributed by atoms with Crippen LogP contribution in [0.3, 0.4) is 0 Å². The van der Waals surface area contributed by atoms with E-state index in [9.17, 15) is 4.79 Å². The third kappa shape index (κ3) is 3.83. The molecule has 0 saturated carbocycles. The maximum Gasteiger partial charge on any atom is 0.196 e. The molecule has 0 amide bonds. The summed E-state index contributed by atoms with van der Waals surface area (Å²) in [5.41, 5.74) is 1.48. The molecular weight excluding hydrogens is 398 g/mol. The average Bonchev–Trinajstić information content (AvgIpc) is 3.36. The lowest BCUT2D eigenvalue weighted by Crippen LogP contribution is -2.05. The fraction of sp³-hybridized carbons (Fsp3) is 0.0500. The summed E-state index contributed by atoms with van der Waals surface area (Å²) in [7, 11) is 0. The first-order valence-electron chi connectivity index (χ1n) is 8.19. The SMILES string of the molecule is O=C(CSc1nnc(-c2cccs2)n1-c1ccccc1)c1ccccc1Cl. The average molecular weight is 412 g/mol.